The van der Waals surface area contributed by atoms with Gasteiger partial charge in [0.2, 0.25) is 5.91 Å². The molecule has 2 aromatic carbocycles. The Balaban J connectivity index is 1.81. The van der Waals surface area contributed by atoms with E-state index in [-0.39, 0.29) is 29.9 Å². The van der Waals surface area contributed by atoms with Crippen LogP contribution in [0.1, 0.15) is 16.8 Å². The van der Waals surface area contributed by atoms with Crippen molar-refractivity contribution in [3.05, 3.63) is 60.2 Å². The lowest BCUT2D eigenvalue weighted by molar-refractivity contribution is -0.117. The van der Waals surface area contributed by atoms with Crippen molar-refractivity contribution in [3.63, 3.8) is 0 Å². The summed E-state index contributed by atoms with van der Waals surface area (Å²) in [4.78, 5) is 26.6. The second-order valence-corrected chi connectivity index (χ2v) is 8.86. The lowest BCUT2D eigenvalue weighted by Gasteiger charge is -2.29. The second-order valence-electron chi connectivity index (χ2n) is 6.63. The highest BCUT2D eigenvalue weighted by molar-refractivity contribution is 7.91. The molecule has 148 valence electrons. The number of rotatable bonds is 6. The molecular formula is C20H23N3O4S. The van der Waals surface area contributed by atoms with Crippen LogP contribution in [0, 0.1) is 0 Å². The smallest absolute Gasteiger partial charge is 0.253 e. The molecule has 0 bridgehead atoms. The van der Waals surface area contributed by atoms with E-state index in [1.54, 1.807) is 48.3 Å². The van der Waals surface area contributed by atoms with Crippen molar-refractivity contribution in [3.8, 4) is 0 Å². The Hall–Kier alpha value is -2.87. The van der Waals surface area contributed by atoms with Crippen LogP contribution in [-0.4, -0.2) is 51.4 Å². The van der Waals surface area contributed by atoms with Crippen molar-refractivity contribution in [2.75, 3.05) is 35.3 Å². The number of para-hydroxylation sites is 2. The van der Waals surface area contributed by atoms with Gasteiger partial charge in [0, 0.05) is 18.4 Å². The largest absolute Gasteiger partial charge is 0.375 e. The van der Waals surface area contributed by atoms with Crippen LogP contribution in [0.2, 0.25) is 0 Å². The number of sulfone groups is 1. The highest BCUT2D eigenvalue weighted by Gasteiger charge is 2.35. The summed E-state index contributed by atoms with van der Waals surface area (Å²) < 4.78 is 23.9. The summed E-state index contributed by atoms with van der Waals surface area (Å²) in [5.41, 5.74) is 1.64. The quantitative estimate of drug-likeness (QED) is 0.768. The molecule has 1 heterocycles. The molecule has 2 amide bonds. The molecule has 28 heavy (non-hydrogen) atoms. The van der Waals surface area contributed by atoms with Gasteiger partial charge >= 0.3 is 0 Å². The molecule has 2 aromatic rings. The van der Waals surface area contributed by atoms with Gasteiger partial charge in [0.15, 0.2) is 9.84 Å². The van der Waals surface area contributed by atoms with E-state index in [0.717, 1.165) is 0 Å². The number of amides is 2. The van der Waals surface area contributed by atoms with Crippen molar-refractivity contribution in [2.24, 2.45) is 0 Å². The number of nitrogens with zero attached hydrogens (tertiary/aromatic N) is 1. The fourth-order valence-electron chi connectivity index (χ4n) is 3.35. The number of anilines is 2. The first-order valence-electron chi connectivity index (χ1n) is 9.04. The molecule has 1 saturated heterocycles. The topological polar surface area (TPSA) is 95.6 Å². The Bertz CT molecular complexity index is 960. The number of carbonyl (C=O) groups excluding carboxylic acids is 2. The molecule has 2 N–H and O–H groups in total. The number of benzene rings is 2. The van der Waals surface area contributed by atoms with E-state index in [1.807, 2.05) is 18.2 Å². The molecule has 0 radical (unpaired) electrons. The monoisotopic (exact) mass is 401 g/mol. The summed E-state index contributed by atoms with van der Waals surface area (Å²) in [5.74, 6) is -0.457. The Labute approximate surface area is 164 Å². The molecule has 1 aliphatic heterocycles. The van der Waals surface area contributed by atoms with Crippen molar-refractivity contribution in [1.82, 2.24) is 5.32 Å². The second kappa shape index (κ2) is 8.43. The SMILES string of the molecule is CNC(=O)c1ccccc1NCC(=O)N(c1ccccc1)C1CCS(=O)(=O)C1. The van der Waals surface area contributed by atoms with Crippen LogP contribution in [0.4, 0.5) is 11.4 Å². The lowest BCUT2D eigenvalue weighted by Crippen LogP contribution is -2.44. The molecule has 7 nitrogen and oxygen atoms in total. The third-order valence-corrected chi connectivity index (χ3v) is 6.46. The van der Waals surface area contributed by atoms with Crippen molar-refractivity contribution < 1.29 is 18.0 Å². The number of nitrogens with one attached hydrogen (secondary N) is 2. The Morgan fingerprint density at radius 3 is 2.39 bits per heavy atom. The van der Waals surface area contributed by atoms with Crippen molar-refractivity contribution in [1.29, 1.82) is 0 Å². The summed E-state index contributed by atoms with van der Waals surface area (Å²) in [6.07, 6.45) is 0.414. The molecule has 0 aromatic heterocycles. The highest BCUT2D eigenvalue weighted by Crippen LogP contribution is 2.25. The molecule has 3 rings (SSSR count). The molecule has 1 atom stereocenters. The van der Waals surface area contributed by atoms with Gasteiger partial charge < -0.3 is 15.5 Å². The maximum absolute atomic E-state index is 13.0. The zero-order valence-electron chi connectivity index (χ0n) is 15.6. The number of carbonyl (C=O) groups is 2. The summed E-state index contributed by atoms with van der Waals surface area (Å²) in [5, 5.41) is 5.59. The summed E-state index contributed by atoms with van der Waals surface area (Å²) in [6, 6.07) is 15.6. The van der Waals surface area contributed by atoms with Crippen molar-refractivity contribution in [2.45, 2.75) is 12.5 Å². The highest BCUT2D eigenvalue weighted by atomic mass is 32.2. The van der Waals surface area contributed by atoms with Crippen LogP contribution in [0.3, 0.4) is 0 Å². The van der Waals surface area contributed by atoms with Crippen LogP contribution >= 0.6 is 0 Å². The molecule has 1 fully saturated rings. The van der Waals surface area contributed by atoms with Gasteiger partial charge in [0.1, 0.15) is 0 Å². The molecule has 1 unspecified atom stereocenters. The molecule has 0 spiro atoms. The minimum Gasteiger partial charge on any atom is -0.375 e. The van der Waals surface area contributed by atoms with Gasteiger partial charge in [-0.3, -0.25) is 9.59 Å². The lowest BCUT2D eigenvalue weighted by atomic mass is 10.1. The van der Waals surface area contributed by atoms with E-state index in [2.05, 4.69) is 10.6 Å². The summed E-state index contributed by atoms with van der Waals surface area (Å²) in [7, 11) is -1.59. The van der Waals surface area contributed by atoms with Gasteiger partial charge in [-0.05, 0) is 30.7 Å². The van der Waals surface area contributed by atoms with Crippen LogP contribution in [-0.2, 0) is 14.6 Å². The summed E-state index contributed by atoms with van der Waals surface area (Å²) >= 11 is 0. The Morgan fingerprint density at radius 1 is 1.07 bits per heavy atom. The molecule has 1 aliphatic rings. The normalized spacial score (nSPS) is 17.7. The molecule has 0 aliphatic carbocycles. The van der Waals surface area contributed by atoms with E-state index in [9.17, 15) is 18.0 Å². The third-order valence-electron chi connectivity index (χ3n) is 4.71. The molecular weight excluding hydrogens is 378 g/mol. The van der Waals surface area contributed by atoms with E-state index in [0.29, 0.717) is 23.4 Å². The Kier molecular flexibility index (Phi) is 5.99. The predicted octanol–water partition coefficient (Wildman–Crippen LogP) is 1.68. The van der Waals surface area contributed by atoms with E-state index in [4.69, 9.17) is 0 Å². The Morgan fingerprint density at radius 2 is 1.75 bits per heavy atom. The van der Waals surface area contributed by atoms with Gasteiger partial charge in [-0.15, -0.1) is 0 Å². The van der Waals surface area contributed by atoms with Crippen LogP contribution in [0.5, 0.6) is 0 Å². The van der Waals surface area contributed by atoms with Crippen LogP contribution in [0.25, 0.3) is 0 Å². The average molecular weight is 401 g/mol. The average Bonchev–Trinajstić information content (AvgIpc) is 3.06. The first-order valence-corrected chi connectivity index (χ1v) is 10.9. The number of hydrogen-bond acceptors (Lipinski definition) is 5. The predicted molar refractivity (Wildman–Crippen MR) is 109 cm³/mol. The van der Waals surface area contributed by atoms with Gasteiger partial charge in [0.05, 0.1) is 29.7 Å². The zero-order valence-corrected chi connectivity index (χ0v) is 16.4. The molecule has 8 heteroatoms. The van der Waals surface area contributed by atoms with Crippen LogP contribution < -0.4 is 15.5 Å². The molecule has 0 saturated carbocycles. The zero-order chi connectivity index (χ0) is 20.1. The first-order chi connectivity index (χ1) is 13.4. The number of hydrogen-bond donors (Lipinski definition) is 2. The summed E-state index contributed by atoms with van der Waals surface area (Å²) in [6.45, 7) is -0.0561. The van der Waals surface area contributed by atoms with E-state index < -0.39 is 15.9 Å². The van der Waals surface area contributed by atoms with Crippen LogP contribution in [0.15, 0.2) is 54.6 Å². The minimum absolute atomic E-state index is 0.0392. The minimum atomic E-state index is -3.14. The maximum Gasteiger partial charge on any atom is 0.253 e. The van der Waals surface area contributed by atoms with E-state index in [1.165, 1.54) is 0 Å². The fourth-order valence-corrected chi connectivity index (χ4v) is 5.05. The van der Waals surface area contributed by atoms with Crippen molar-refractivity contribution >= 4 is 33.0 Å². The van der Waals surface area contributed by atoms with Gasteiger partial charge in [-0.2, -0.15) is 0 Å². The standard InChI is InChI=1S/C20H23N3O4S/c1-21-20(25)17-9-5-6-10-18(17)22-13-19(24)23(15-7-3-2-4-8-15)16-11-12-28(26,27)14-16/h2-10,16,22H,11-14H2,1H3,(H,21,25). The van der Waals surface area contributed by atoms with Gasteiger partial charge in [-0.1, -0.05) is 30.3 Å². The van der Waals surface area contributed by atoms with Gasteiger partial charge in [-0.25, -0.2) is 8.42 Å². The van der Waals surface area contributed by atoms with Gasteiger partial charge in [0.25, 0.3) is 5.91 Å². The maximum atomic E-state index is 13.0. The fraction of sp³-hybridized carbons (Fsp3) is 0.300. The third kappa shape index (κ3) is 4.51. The van der Waals surface area contributed by atoms with E-state index >= 15 is 0 Å². The first kappa shape index (κ1) is 19.9.